The third-order valence-corrected chi connectivity index (χ3v) is 9.05. The molecule has 34 heavy (non-hydrogen) atoms. The van der Waals surface area contributed by atoms with Gasteiger partial charge < -0.3 is 4.74 Å². The minimum atomic E-state index is -3.76. The van der Waals surface area contributed by atoms with Crippen LogP contribution in [0.15, 0.2) is 48.5 Å². The smallest absolute Gasteiger partial charge is 0.304 e. The zero-order chi connectivity index (χ0) is 24.7. The fourth-order valence-electron chi connectivity index (χ4n) is 5.38. The zero-order valence-electron chi connectivity index (χ0n) is 20.7. The Hall–Kier alpha value is -2.16. The summed E-state index contributed by atoms with van der Waals surface area (Å²) >= 11 is 0. The molecule has 0 unspecified atom stereocenters. The molecule has 2 atom stereocenters. The number of halogens is 1. The van der Waals surface area contributed by atoms with E-state index in [1.807, 2.05) is 39.8 Å². The van der Waals surface area contributed by atoms with Gasteiger partial charge in [-0.15, -0.1) is 0 Å². The predicted molar refractivity (Wildman–Crippen MR) is 134 cm³/mol. The van der Waals surface area contributed by atoms with E-state index in [2.05, 4.69) is 24.0 Å². The van der Waals surface area contributed by atoms with E-state index in [4.69, 9.17) is 4.74 Å². The third kappa shape index (κ3) is 4.81. The Kier molecular flexibility index (Phi) is 6.95. The van der Waals surface area contributed by atoms with Crippen molar-refractivity contribution < 1.29 is 17.5 Å². The summed E-state index contributed by atoms with van der Waals surface area (Å²) in [5, 5.41) is 0. The quantitative estimate of drug-likeness (QED) is 0.584. The Bertz CT molecular complexity index is 1120. The van der Waals surface area contributed by atoms with Gasteiger partial charge in [0.2, 0.25) is 0 Å². The first-order valence-electron chi connectivity index (χ1n) is 12.1. The van der Waals surface area contributed by atoms with Crippen LogP contribution < -0.4 is 9.04 Å². The number of rotatable bonds is 6. The van der Waals surface area contributed by atoms with Crippen LogP contribution in [-0.2, 0) is 16.8 Å². The summed E-state index contributed by atoms with van der Waals surface area (Å²) in [6.07, 6.45) is 1.47. The number of nitrogens with zero attached hydrogens (tertiary/aromatic N) is 3. The van der Waals surface area contributed by atoms with Gasteiger partial charge >= 0.3 is 10.2 Å². The van der Waals surface area contributed by atoms with Gasteiger partial charge in [-0.1, -0.05) is 18.2 Å². The summed E-state index contributed by atoms with van der Waals surface area (Å²) in [4.78, 5) is 2.40. The summed E-state index contributed by atoms with van der Waals surface area (Å²) in [6.45, 7) is 11.9. The SMILES string of the molecule is CC(C)Oc1cccc(CN2CC[C@@]3(C[C@@H]2C)CN(C(C)C)S(=O)(=O)N3c2cccc(F)c2)c1. The summed E-state index contributed by atoms with van der Waals surface area (Å²) in [6, 6.07) is 14.1. The van der Waals surface area contributed by atoms with E-state index in [-0.39, 0.29) is 18.2 Å². The Labute approximate surface area is 203 Å². The molecule has 0 N–H and O–H groups in total. The maximum atomic E-state index is 14.1. The van der Waals surface area contributed by atoms with Gasteiger partial charge in [-0.05, 0) is 83.4 Å². The molecule has 0 aromatic heterocycles. The van der Waals surface area contributed by atoms with Crippen LogP contribution in [0.2, 0.25) is 0 Å². The largest absolute Gasteiger partial charge is 0.491 e. The molecule has 0 amide bonds. The zero-order valence-corrected chi connectivity index (χ0v) is 21.6. The van der Waals surface area contributed by atoms with Crippen LogP contribution >= 0.6 is 0 Å². The highest BCUT2D eigenvalue weighted by Gasteiger charge is 2.57. The maximum Gasteiger partial charge on any atom is 0.304 e. The van der Waals surface area contributed by atoms with E-state index in [1.54, 1.807) is 16.4 Å². The first-order valence-corrected chi connectivity index (χ1v) is 13.5. The van der Waals surface area contributed by atoms with Crippen molar-refractivity contribution in [2.24, 2.45) is 0 Å². The highest BCUT2D eigenvalue weighted by molar-refractivity contribution is 7.90. The molecule has 0 saturated carbocycles. The molecule has 0 bridgehead atoms. The molecule has 2 heterocycles. The lowest BCUT2D eigenvalue weighted by atomic mass is 9.82. The van der Waals surface area contributed by atoms with Crippen LogP contribution in [0.1, 0.15) is 53.0 Å². The van der Waals surface area contributed by atoms with Gasteiger partial charge in [-0.2, -0.15) is 12.7 Å². The van der Waals surface area contributed by atoms with Crippen molar-refractivity contribution in [2.75, 3.05) is 17.4 Å². The van der Waals surface area contributed by atoms with E-state index in [0.717, 1.165) is 18.8 Å². The first-order chi connectivity index (χ1) is 16.0. The number of anilines is 1. The van der Waals surface area contributed by atoms with Gasteiger partial charge in [0.25, 0.3) is 0 Å². The molecule has 2 aliphatic heterocycles. The molecule has 2 aliphatic rings. The van der Waals surface area contributed by atoms with Crippen LogP contribution in [0.5, 0.6) is 5.75 Å². The van der Waals surface area contributed by atoms with Gasteiger partial charge in [0, 0.05) is 31.7 Å². The minimum absolute atomic E-state index is 0.117. The summed E-state index contributed by atoms with van der Waals surface area (Å²) in [7, 11) is -3.76. The van der Waals surface area contributed by atoms with E-state index in [0.29, 0.717) is 25.1 Å². The van der Waals surface area contributed by atoms with Crippen LogP contribution in [0.3, 0.4) is 0 Å². The number of piperidine rings is 1. The van der Waals surface area contributed by atoms with E-state index < -0.39 is 21.6 Å². The number of hydrogen-bond acceptors (Lipinski definition) is 4. The second-order valence-corrected chi connectivity index (χ2v) is 11.9. The van der Waals surface area contributed by atoms with Crippen molar-refractivity contribution in [3.63, 3.8) is 0 Å². The van der Waals surface area contributed by atoms with Crippen LogP contribution in [0, 0.1) is 5.82 Å². The van der Waals surface area contributed by atoms with E-state index >= 15 is 0 Å². The molecule has 2 aromatic carbocycles. The topological polar surface area (TPSA) is 53.1 Å². The molecule has 2 aromatic rings. The van der Waals surface area contributed by atoms with E-state index in [9.17, 15) is 12.8 Å². The molecule has 0 radical (unpaired) electrons. The fourth-order valence-corrected chi connectivity index (χ4v) is 7.62. The lowest BCUT2D eigenvalue weighted by Crippen LogP contribution is -2.57. The second-order valence-electron chi connectivity index (χ2n) is 10.2. The van der Waals surface area contributed by atoms with Crippen LogP contribution in [0.4, 0.5) is 10.1 Å². The molecule has 186 valence electrons. The average Bonchev–Trinajstić information content (AvgIpc) is 2.96. The van der Waals surface area contributed by atoms with Crippen molar-refractivity contribution in [3.8, 4) is 5.75 Å². The summed E-state index contributed by atoms with van der Waals surface area (Å²) in [5.41, 5.74) is 0.975. The molecule has 2 saturated heterocycles. The molecule has 8 heteroatoms. The number of ether oxygens (including phenoxy) is 1. The van der Waals surface area contributed by atoms with Gasteiger partial charge in [-0.3, -0.25) is 4.90 Å². The number of likely N-dealkylation sites (tertiary alicyclic amines) is 1. The van der Waals surface area contributed by atoms with Crippen molar-refractivity contribution in [3.05, 3.63) is 59.9 Å². The molecule has 4 rings (SSSR count). The standard InChI is InChI=1S/C26H36FN3O3S/c1-19(2)29-18-26(30(34(29,31)32)24-10-7-9-23(27)15-24)12-13-28(21(5)16-26)17-22-8-6-11-25(14-22)33-20(3)4/h6-11,14-15,19-21H,12-13,16-18H2,1-5H3/t21-,26+/m0/s1. The average molecular weight is 490 g/mol. The molecule has 6 nitrogen and oxygen atoms in total. The normalized spacial score (nSPS) is 25.5. The first kappa shape index (κ1) is 24.9. The highest BCUT2D eigenvalue weighted by Crippen LogP contribution is 2.45. The Morgan fingerprint density at radius 3 is 2.50 bits per heavy atom. The Morgan fingerprint density at radius 1 is 1.12 bits per heavy atom. The molecule has 1 spiro atoms. The molecule has 2 fully saturated rings. The van der Waals surface area contributed by atoms with E-state index in [1.165, 1.54) is 22.0 Å². The van der Waals surface area contributed by atoms with Gasteiger partial charge in [0.15, 0.2) is 0 Å². The summed E-state index contributed by atoms with van der Waals surface area (Å²) in [5.74, 6) is 0.431. The molecular formula is C26H36FN3O3S. The van der Waals surface area contributed by atoms with Crippen molar-refractivity contribution in [2.45, 2.75) is 77.7 Å². The highest BCUT2D eigenvalue weighted by atomic mass is 32.2. The monoisotopic (exact) mass is 489 g/mol. The number of hydrogen-bond donors (Lipinski definition) is 0. The van der Waals surface area contributed by atoms with Crippen LogP contribution in [0.25, 0.3) is 0 Å². The molecular weight excluding hydrogens is 453 g/mol. The second kappa shape index (κ2) is 9.47. The maximum absolute atomic E-state index is 14.1. The third-order valence-electron chi connectivity index (χ3n) is 6.85. The minimum Gasteiger partial charge on any atom is -0.491 e. The fraction of sp³-hybridized carbons (Fsp3) is 0.538. The number of benzene rings is 2. The van der Waals surface area contributed by atoms with Gasteiger partial charge in [-0.25, -0.2) is 8.70 Å². The summed E-state index contributed by atoms with van der Waals surface area (Å²) < 4.78 is 50.3. The van der Waals surface area contributed by atoms with Crippen molar-refractivity contribution >= 4 is 15.9 Å². The van der Waals surface area contributed by atoms with Crippen LogP contribution in [-0.4, -0.2) is 54.4 Å². The molecule has 0 aliphatic carbocycles. The lowest BCUT2D eigenvalue weighted by Gasteiger charge is -2.47. The van der Waals surface area contributed by atoms with Crippen molar-refractivity contribution in [1.82, 2.24) is 9.21 Å². The lowest BCUT2D eigenvalue weighted by molar-refractivity contribution is 0.0967. The Morgan fingerprint density at radius 2 is 1.85 bits per heavy atom. The van der Waals surface area contributed by atoms with Gasteiger partial charge in [0.05, 0.1) is 17.3 Å². The van der Waals surface area contributed by atoms with Crippen molar-refractivity contribution in [1.29, 1.82) is 0 Å². The predicted octanol–water partition coefficient (Wildman–Crippen LogP) is 4.81. The Balaban J connectivity index is 1.60. The van der Waals surface area contributed by atoms with Gasteiger partial charge in [0.1, 0.15) is 11.6 Å².